The van der Waals surface area contributed by atoms with Crippen LogP contribution in [0.3, 0.4) is 0 Å². The summed E-state index contributed by atoms with van der Waals surface area (Å²) in [6, 6.07) is 20.3. The topological polar surface area (TPSA) is 69.7 Å². The number of rotatable bonds is 10. The maximum Gasteiger partial charge on any atom is 0.261 e. The van der Waals surface area contributed by atoms with Gasteiger partial charge in [-0.05, 0) is 53.6 Å². The Kier molecular flexibility index (Phi) is 8.29. The van der Waals surface area contributed by atoms with Gasteiger partial charge in [0.1, 0.15) is 0 Å². The second-order valence-electron chi connectivity index (χ2n) is 9.19. The lowest BCUT2D eigenvalue weighted by Crippen LogP contribution is -2.48. The van der Waals surface area contributed by atoms with E-state index in [-0.39, 0.29) is 10.8 Å². The van der Waals surface area contributed by atoms with Crippen molar-refractivity contribution in [3.05, 3.63) is 66.7 Å². The van der Waals surface area contributed by atoms with E-state index < -0.39 is 10.0 Å². The van der Waals surface area contributed by atoms with Crippen LogP contribution in [0, 0.1) is 0 Å². The van der Waals surface area contributed by atoms with Crippen molar-refractivity contribution in [2.75, 3.05) is 35.8 Å². The van der Waals surface area contributed by atoms with Crippen LogP contribution >= 0.6 is 0 Å². The average molecular weight is 494 g/mol. The van der Waals surface area contributed by atoms with Crippen molar-refractivity contribution < 1.29 is 13.2 Å². The van der Waals surface area contributed by atoms with Gasteiger partial charge in [0.15, 0.2) is 0 Å². The van der Waals surface area contributed by atoms with E-state index in [0.29, 0.717) is 12.1 Å². The highest BCUT2D eigenvalue weighted by atomic mass is 32.2. The van der Waals surface area contributed by atoms with E-state index in [1.54, 1.807) is 24.3 Å². The molecule has 35 heavy (non-hydrogen) atoms. The minimum absolute atomic E-state index is 0.242. The molecule has 1 aliphatic heterocycles. The number of nitrogens with one attached hydrogen (secondary N) is 1. The third kappa shape index (κ3) is 6.54. The van der Waals surface area contributed by atoms with Crippen LogP contribution in [-0.2, 0) is 14.8 Å². The van der Waals surface area contributed by atoms with E-state index in [2.05, 4.69) is 16.5 Å². The van der Waals surface area contributed by atoms with Crippen molar-refractivity contribution in [3.63, 3.8) is 0 Å². The number of sulfonamides is 1. The number of piperazine rings is 1. The Balaban J connectivity index is 1.30. The van der Waals surface area contributed by atoms with Crippen LogP contribution in [0.5, 0.6) is 0 Å². The number of amides is 1. The average Bonchev–Trinajstić information content (AvgIpc) is 2.88. The van der Waals surface area contributed by atoms with Crippen LogP contribution in [0.1, 0.15) is 45.4 Å². The quantitative estimate of drug-likeness (QED) is 0.371. The van der Waals surface area contributed by atoms with Crippen LogP contribution < -0.4 is 9.62 Å². The number of nitrogens with zero attached hydrogens (tertiary/aromatic N) is 2. The predicted octanol–water partition coefficient (Wildman–Crippen LogP) is 5.65. The smallest absolute Gasteiger partial charge is 0.261 e. The molecule has 1 amide bonds. The highest BCUT2D eigenvalue weighted by Gasteiger charge is 2.21. The molecule has 0 atom stereocenters. The molecule has 3 aromatic rings. The van der Waals surface area contributed by atoms with Crippen LogP contribution in [-0.4, -0.2) is 45.4 Å². The summed E-state index contributed by atoms with van der Waals surface area (Å²) in [5.41, 5.74) is 1.56. The van der Waals surface area contributed by atoms with E-state index in [1.165, 1.54) is 19.3 Å². The maximum atomic E-state index is 12.9. The van der Waals surface area contributed by atoms with Gasteiger partial charge in [-0.1, -0.05) is 62.9 Å². The molecule has 0 aromatic heterocycles. The first kappa shape index (κ1) is 25.0. The van der Waals surface area contributed by atoms with Gasteiger partial charge in [0, 0.05) is 44.0 Å². The van der Waals surface area contributed by atoms with Gasteiger partial charge in [0.05, 0.1) is 4.90 Å². The van der Waals surface area contributed by atoms with E-state index in [1.807, 2.05) is 47.4 Å². The van der Waals surface area contributed by atoms with Crippen molar-refractivity contribution in [2.45, 2.75) is 50.3 Å². The molecule has 1 N–H and O–H groups in total. The van der Waals surface area contributed by atoms with Gasteiger partial charge in [-0.15, -0.1) is 0 Å². The van der Waals surface area contributed by atoms with Crippen LogP contribution in [0.2, 0.25) is 0 Å². The highest BCUT2D eigenvalue weighted by Crippen LogP contribution is 2.24. The van der Waals surface area contributed by atoms with Crippen LogP contribution in [0.25, 0.3) is 10.8 Å². The third-order valence-corrected chi connectivity index (χ3v) is 8.02. The number of hydrogen-bond acceptors (Lipinski definition) is 4. The largest absolute Gasteiger partial charge is 0.368 e. The summed E-state index contributed by atoms with van der Waals surface area (Å²) in [5.74, 6) is 0.264. The van der Waals surface area contributed by atoms with Gasteiger partial charge < -0.3 is 9.80 Å². The molecule has 0 bridgehead atoms. The Morgan fingerprint density at radius 3 is 2.23 bits per heavy atom. The summed E-state index contributed by atoms with van der Waals surface area (Å²) >= 11 is 0. The molecule has 0 aliphatic carbocycles. The number of hydrogen-bond donors (Lipinski definition) is 1. The molecular weight excluding hydrogens is 458 g/mol. The molecule has 4 rings (SSSR count). The summed E-state index contributed by atoms with van der Waals surface area (Å²) in [5, 5.41) is 1.89. The first-order valence-electron chi connectivity index (χ1n) is 12.6. The Hall–Kier alpha value is -3.06. The van der Waals surface area contributed by atoms with Gasteiger partial charge >= 0.3 is 0 Å². The minimum atomic E-state index is -3.68. The summed E-state index contributed by atoms with van der Waals surface area (Å²) in [7, 11) is -3.68. The van der Waals surface area contributed by atoms with Gasteiger partial charge in [-0.3, -0.25) is 9.52 Å². The predicted molar refractivity (Wildman–Crippen MR) is 143 cm³/mol. The normalized spacial score (nSPS) is 14.3. The number of carbonyl (C=O) groups excluding carboxylic acids is 1. The number of fused-ring (bicyclic) bond motifs is 1. The molecule has 1 aliphatic rings. The molecule has 186 valence electrons. The summed E-state index contributed by atoms with van der Waals surface area (Å²) in [4.78, 5) is 16.9. The van der Waals surface area contributed by atoms with Crippen molar-refractivity contribution >= 4 is 38.1 Å². The van der Waals surface area contributed by atoms with Gasteiger partial charge in [0.2, 0.25) is 5.91 Å². The van der Waals surface area contributed by atoms with E-state index in [9.17, 15) is 13.2 Å². The monoisotopic (exact) mass is 493 g/mol. The fraction of sp³-hybridized carbons (Fsp3) is 0.393. The summed E-state index contributed by atoms with van der Waals surface area (Å²) in [6.07, 6.45) is 6.44. The number of carbonyl (C=O) groups is 1. The highest BCUT2D eigenvalue weighted by molar-refractivity contribution is 7.92. The Bertz CT molecular complexity index is 1230. The lowest BCUT2D eigenvalue weighted by atomic mass is 10.1. The molecule has 0 radical (unpaired) electrons. The standard InChI is InChI=1S/C28H35N3O3S/c1-2-3-4-5-6-11-28(32)31-20-18-30(19-21-31)26-15-13-25(14-16-26)29-35(33,34)27-17-12-23-9-7-8-10-24(23)22-27/h7-10,12-17,22,29H,2-6,11,18-21H2,1H3. The minimum Gasteiger partial charge on any atom is -0.368 e. The Morgan fingerprint density at radius 1 is 0.829 bits per heavy atom. The molecule has 6 nitrogen and oxygen atoms in total. The number of benzene rings is 3. The van der Waals surface area contributed by atoms with Crippen molar-refractivity contribution in [3.8, 4) is 0 Å². The lowest BCUT2D eigenvalue weighted by Gasteiger charge is -2.36. The summed E-state index contributed by atoms with van der Waals surface area (Å²) in [6.45, 7) is 5.21. The molecule has 7 heteroatoms. The summed E-state index contributed by atoms with van der Waals surface area (Å²) < 4.78 is 28.5. The van der Waals surface area contributed by atoms with Gasteiger partial charge in [-0.25, -0.2) is 8.42 Å². The zero-order chi connectivity index (χ0) is 24.7. The van der Waals surface area contributed by atoms with Gasteiger partial charge in [0.25, 0.3) is 10.0 Å². The van der Waals surface area contributed by atoms with Crippen LogP contribution in [0.4, 0.5) is 11.4 Å². The first-order valence-corrected chi connectivity index (χ1v) is 14.1. The van der Waals surface area contributed by atoms with Crippen molar-refractivity contribution in [2.24, 2.45) is 0 Å². The SMILES string of the molecule is CCCCCCCC(=O)N1CCN(c2ccc(NS(=O)(=O)c3ccc4ccccc4c3)cc2)CC1. The molecule has 1 fully saturated rings. The zero-order valence-electron chi connectivity index (χ0n) is 20.4. The molecule has 0 unspecified atom stereocenters. The fourth-order valence-electron chi connectivity index (χ4n) is 4.54. The lowest BCUT2D eigenvalue weighted by molar-refractivity contribution is -0.131. The third-order valence-electron chi connectivity index (χ3n) is 6.64. The van der Waals surface area contributed by atoms with E-state index in [0.717, 1.165) is 55.5 Å². The zero-order valence-corrected chi connectivity index (χ0v) is 21.3. The second-order valence-corrected chi connectivity index (χ2v) is 10.9. The molecular formula is C28H35N3O3S. The Morgan fingerprint density at radius 2 is 1.51 bits per heavy atom. The van der Waals surface area contributed by atoms with Gasteiger partial charge in [-0.2, -0.15) is 0 Å². The van der Waals surface area contributed by atoms with E-state index >= 15 is 0 Å². The molecule has 0 spiro atoms. The molecule has 1 heterocycles. The second kappa shape index (κ2) is 11.6. The van der Waals surface area contributed by atoms with Crippen molar-refractivity contribution in [1.29, 1.82) is 0 Å². The fourth-order valence-corrected chi connectivity index (χ4v) is 5.63. The maximum absolute atomic E-state index is 12.9. The Labute approximate surface area is 209 Å². The van der Waals surface area contributed by atoms with E-state index in [4.69, 9.17) is 0 Å². The first-order chi connectivity index (χ1) is 17.0. The van der Waals surface area contributed by atoms with Crippen LogP contribution in [0.15, 0.2) is 71.6 Å². The number of anilines is 2. The molecule has 3 aromatic carbocycles. The number of unbranched alkanes of at least 4 members (excludes halogenated alkanes) is 4. The molecule has 0 saturated carbocycles. The van der Waals surface area contributed by atoms with Crippen molar-refractivity contribution in [1.82, 2.24) is 4.90 Å². The molecule has 1 saturated heterocycles.